The van der Waals surface area contributed by atoms with Crippen LogP contribution in [0.15, 0.2) is 48.5 Å². The molecule has 132 valence electrons. The summed E-state index contributed by atoms with van der Waals surface area (Å²) in [6.45, 7) is 0.984. The molecule has 1 saturated carbocycles. The number of ether oxygens (including phenoxy) is 1. The van der Waals surface area contributed by atoms with Gasteiger partial charge in [-0.2, -0.15) is 0 Å². The fraction of sp³-hybridized carbons (Fsp3) is 0.381. The summed E-state index contributed by atoms with van der Waals surface area (Å²) in [5, 5.41) is 2.94. The van der Waals surface area contributed by atoms with Gasteiger partial charge in [-0.15, -0.1) is 0 Å². The van der Waals surface area contributed by atoms with Crippen LogP contribution in [0.25, 0.3) is 0 Å². The molecule has 3 rings (SSSR count). The summed E-state index contributed by atoms with van der Waals surface area (Å²) in [7, 11) is 0. The molecule has 0 aromatic heterocycles. The van der Waals surface area contributed by atoms with Crippen molar-refractivity contribution in [2.75, 3.05) is 0 Å². The van der Waals surface area contributed by atoms with Gasteiger partial charge in [-0.3, -0.25) is 4.79 Å². The maximum Gasteiger partial charge on any atom is 0.251 e. The summed E-state index contributed by atoms with van der Waals surface area (Å²) in [4.78, 5) is 12.2. The first-order valence-corrected chi connectivity index (χ1v) is 9.07. The molecule has 1 aliphatic carbocycles. The molecule has 1 fully saturated rings. The van der Waals surface area contributed by atoms with Crippen molar-refractivity contribution in [1.29, 1.82) is 0 Å². The van der Waals surface area contributed by atoms with Crippen molar-refractivity contribution >= 4 is 5.91 Å². The number of benzene rings is 2. The highest BCUT2D eigenvalue weighted by Crippen LogP contribution is 2.23. The van der Waals surface area contributed by atoms with Crippen molar-refractivity contribution in [3.05, 3.63) is 65.2 Å². The molecule has 0 atom stereocenters. The lowest BCUT2D eigenvalue weighted by atomic mass is 9.98. The zero-order chi connectivity index (χ0) is 17.5. The zero-order valence-electron chi connectivity index (χ0n) is 14.5. The molecule has 2 aromatic carbocycles. The number of amides is 1. The van der Waals surface area contributed by atoms with E-state index in [0.717, 1.165) is 29.7 Å². The molecule has 2 aromatic rings. The molecule has 0 unspecified atom stereocenters. The third-order valence-corrected chi connectivity index (χ3v) is 4.68. The van der Waals surface area contributed by atoms with Gasteiger partial charge in [-0.1, -0.05) is 30.7 Å². The van der Waals surface area contributed by atoms with Crippen LogP contribution in [-0.4, -0.2) is 12.0 Å². The van der Waals surface area contributed by atoms with Crippen molar-refractivity contribution in [3.63, 3.8) is 0 Å². The van der Waals surface area contributed by atoms with Crippen LogP contribution in [0.3, 0.4) is 0 Å². The van der Waals surface area contributed by atoms with Crippen LogP contribution >= 0.6 is 0 Å². The molecular formula is C21H26N2O2. The van der Waals surface area contributed by atoms with Crippen LogP contribution in [0.5, 0.6) is 5.75 Å². The number of hydrogen-bond donors (Lipinski definition) is 2. The maximum absolute atomic E-state index is 12.2. The number of carbonyl (C=O) groups excluding carboxylic acids is 1. The van der Waals surface area contributed by atoms with Crippen molar-refractivity contribution in [3.8, 4) is 5.75 Å². The van der Waals surface area contributed by atoms with E-state index in [-0.39, 0.29) is 5.91 Å². The zero-order valence-corrected chi connectivity index (χ0v) is 14.5. The van der Waals surface area contributed by atoms with Gasteiger partial charge in [-0.05, 0) is 61.1 Å². The Balaban J connectivity index is 1.49. The lowest BCUT2D eigenvalue weighted by Gasteiger charge is -2.23. The van der Waals surface area contributed by atoms with Gasteiger partial charge in [0.25, 0.3) is 5.91 Å². The number of nitrogens with one attached hydrogen (secondary N) is 1. The van der Waals surface area contributed by atoms with Gasteiger partial charge < -0.3 is 15.8 Å². The Hall–Kier alpha value is -2.33. The smallest absolute Gasteiger partial charge is 0.251 e. The number of hydrogen-bond acceptors (Lipinski definition) is 3. The number of carbonyl (C=O) groups is 1. The fourth-order valence-corrected chi connectivity index (χ4v) is 3.14. The first-order chi connectivity index (χ1) is 12.2. The normalized spacial score (nSPS) is 14.9. The van der Waals surface area contributed by atoms with E-state index in [0.29, 0.717) is 24.8 Å². The predicted octanol–water partition coefficient (Wildman–Crippen LogP) is 3.79. The van der Waals surface area contributed by atoms with Crippen molar-refractivity contribution < 1.29 is 9.53 Å². The Morgan fingerprint density at radius 3 is 2.24 bits per heavy atom. The summed E-state index contributed by atoms with van der Waals surface area (Å²) in [5.41, 5.74) is 8.30. The number of rotatable bonds is 6. The van der Waals surface area contributed by atoms with Crippen LogP contribution in [0, 0.1) is 0 Å². The molecule has 1 amide bonds. The van der Waals surface area contributed by atoms with Gasteiger partial charge in [-0.25, -0.2) is 0 Å². The van der Waals surface area contributed by atoms with Gasteiger partial charge >= 0.3 is 0 Å². The molecule has 1 aliphatic rings. The topological polar surface area (TPSA) is 64.4 Å². The average Bonchev–Trinajstić information content (AvgIpc) is 2.68. The van der Waals surface area contributed by atoms with Gasteiger partial charge in [0.1, 0.15) is 5.75 Å². The highest BCUT2D eigenvalue weighted by molar-refractivity contribution is 5.94. The standard InChI is InChI=1S/C21H26N2O2/c22-14-16-6-10-18(11-7-16)21(24)23-15-17-8-12-20(13-9-17)25-19-4-2-1-3-5-19/h6-13,19H,1-5,14-15,22H2,(H,23,24). The van der Waals surface area contributed by atoms with Crippen molar-refractivity contribution in [1.82, 2.24) is 5.32 Å². The highest BCUT2D eigenvalue weighted by Gasteiger charge is 2.14. The van der Waals surface area contributed by atoms with Crippen LogP contribution in [0.4, 0.5) is 0 Å². The molecule has 0 saturated heterocycles. The molecule has 4 nitrogen and oxygen atoms in total. The van der Waals surface area contributed by atoms with E-state index in [9.17, 15) is 4.79 Å². The van der Waals surface area contributed by atoms with Crippen LogP contribution in [0.1, 0.15) is 53.6 Å². The van der Waals surface area contributed by atoms with Crippen molar-refractivity contribution in [2.45, 2.75) is 51.3 Å². The lowest BCUT2D eigenvalue weighted by Crippen LogP contribution is -2.22. The molecule has 0 heterocycles. The molecule has 0 bridgehead atoms. The predicted molar refractivity (Wildman–Crippen MR) is 99.4 cm³/mol. The Morgan fingerprint density at radius 1 is 0.960 bits per heavy atom. The first kappa shape index (κ1) is 17.5. The molecular weight excluding hydrogens is 312 g/mol. The van der Waals surface area contributed by atoms with Gasteiger partial charge in [0.15, 0.2) is 0 Å². The van der Waals surface area contributed by atoms with Gasteiger partial charge in [0.05, 0.1) is 6.10 Å². The largest absolute Gasteiger partial charge is 0.490 e. The first-order valence-electron chi connectivity index (χ1n) is 9.07. The summed E-state index contributed by atoms with van der Waals surface area (Å²) in [5.74, 6) is 0.838. The minimum Gasteiger partial charge on any atom is -0.490 e. The molecule has 3 N–H and O–H groups in total. The molecule has 0 radical (unpaired) electrons. The summed E-state index contributed by atoms with van der Waals surface area (Å²) in [6.07, 6.45) is 6.52. The second kappa shape index (κ2) is 8.67. The minimum absolute atomic E-state index is 0.0777. The Bertz CT molecular complexity index is 674. The quantitative estimate of drug-likeness (QED) is 0.842. The summed E-state index contributed by atoms with van der Waals surface area (Å²) < 4.78 is 6.03. The van der Waals surface area contributed by atoms with E-state index in [1.165, 1.54) is 19.3 Å². The van der Waals surface area contributed by atoms with Crippen LogP contribution in [-0.2, 0) is 13.1 Å². The molecule has 0 aliphatic heterocycles. The number of nitrogens with two attached hydrogens (primary N) is 1. The highest BCUT2D eigenvalue weighted by atomic mass is 16.5. The average molecular weight is 338 g/mol. The third kappa shape index (κ3) is 5.07. The third-order valence-electron chi connectivity index (χ3n) is 4.68. The molecule has 4 heteroatoms. The van der Waals surface area contributed by atoms with E-state index < -0.39 is 0 Å². The minimum atomic E-state index is -0.0777. The van der Waals surface area contributed by atoms with Crippen LogP contribution in [0.2, 0.25) is 0 Å². The summed E-state index contributed by atoms with van der Waals surface area (Å²) in [6, 6.07) is 15.4. The SMILES string of the molecule is NCc1ccc(C(=O)NCc2ccc(OC3CCCCC3)cc2)cc1. The Morgan fingerprint density at radius 2 is 1.60 bits per heavy atom. The fourth-order valence-electron chi connectivity index (χ4n) is 3.14. The van der Waals surface area contributed by atoms with E-state index in [1.807, 2.05) is 36.4 Å². The van der Waals surface area contributed by atoms with E-state index in [2.05, 4.69) is 5.32 Å². The van der Waals surface area contributed by atoms with Crippen LogP contribution < -0.4 is 15.8 Å². The Kier molecular flexibility index (Phi) is 6.07. The van der Waals surface area contributed by atoms with Crippen molar-refractivity contribution in [2.24, 2.45) is 5.73 Å². The van der Waals surface area contributed by atoms with E-state index in [4.69, 9.17) is 10.5 Å². The second-order valence-electron chi connectivity index (χ2n) is 6.61. The maximum atomic E-state index is 12.2. The molecule has 0 spiro atoms. The van der Waals surface area contributed by atoms with E-state index >= 15 is 0 Å². The van der Waals surface area contributed by atoms with Gasteiger partial charge in [0, 0.05) is 18.7 Å². The van der Waals surface area contributed by atoms with E-state index in [1.54, 1.807) is 12.1 Å². The Labute approximate surface area is 149 Å². The van der Waals surface area contributed by atoms with Gasteiger partial charge in [0.2, 0.25) is 0 Å². The monoisotopic (exact) mass is 338 g/mol. The second-order valence-corrected chi connectivity index (χ2v) is 6.61. The molecule has 25 heavy (non-hydrogen) atoms. The lowest BCUT2D eigenvalue weighted by molar-refractivity contribution is 0.0951. The summed E-state index contributed by atoms with van der Waals surface area (Å²) >= 11 is 0.